The summed E-state index contributed by atoms with van der Waals surface area (Å²) >= 11 is 0. The van der Waals surface area contributed by atoms with Gasteiger partial charge in [0.05, 0.1) is 19.1 Å². The summed E-state index contributed by atoms with van der Waals surface area (Å²) in [5.74, 6) is -0.168. The van der Waals surface area contributed by atoms with Crippen LogP contribution in [0.2, 0.25) is 0 Å². The third-order valence-corrected chi connectivity index (χ3v) is 3.08. The van der Waals surface area contributed by atoms with E-state index in [9.17, 15) is 4.79 Å². The van der Waals surface area contributed by atoms with Crippen LogP contribution in [0.3, 0.4) is 0 Å². The maximum absolute atomic E-state index is 12.0. The highest BCUT2D eigenvalue weighted by atomic mass is 16.5. The highest BCUT2D eigenvalue weighted by Crippen LogP contribution is 2.43. The van der Waals surface area contributed by atoms with Crippen LogP contribution in [-0.4, -0.2) is 26.8 Å². The molecule has 1 atom stereocenters. The van der Waals surface area contributed by atoms with Crippen LogP contribution in [0.15, 0.2) is 0 Å². The molecule has 0 saturated carbocycles. The monoisotopic (exact) mass is 216 g/mol. The Kier molecular flexibility index (Phi) is 5.29. The Labute approximate surface area is 93.1 Å². The molecular formula is C12H24O3. The quantitative estimate of drug-likeness (QED) is 0.663. The van der Waals surface area contributed by atoms with Crippen LogP contribution in [0.25, 0.3) is 0 Å². The van der Waals surface area contributed by atoms with Gasteiger partial charge in [-0.1, -0.05) is 34.1 Å². The molecule has 0 aliphatic carbocycles. The van der Waals surface area contributed by atoms with Crippen molar-refractivity contribution in [3.63, 3.8) is 0 Å². The van der Waals surface area contributed by atoms with E-state index in [1.807, 2.05) is 0 Å². The average molecular weight is 216 g/mol. The minimum Gasteiger partial charge on any atom is -0.469 e. The molecule has 3 heteroatoms. The molecule has 0 rings (SSSR count). The second-order valence-electron chi connectivity index (χ2n) is 5.01. The Morgan fingerprint density at radius 2 is 1.73 bits per heavy atom. The van der Waals surface area contributed by atoms with E-state index in [1.165, 1.54) is 7.11 Å². The third kappa shape index (κ3) is 2.94. The molecule has 0 N–H and O–H groups in total. The van der Waals surface area contributed by atoms with Gasteiger partial charge >= 0.3 is 5.97 Å². The molecule has 0 amide bonds. The van der Waals surface area contributed by atoms with E-state index in [-0.39, 0.29) is 11.4 Å². The molecule has 0 fully saturated rings. The highest BCUT2D eigenvalue weighted by molar-refractivity contribution is 5.77. The van der Waals surface area contributed by atoms with E-state index in [0.717, 1.165) is 12.8 Å². The molecule has 0 aromatic carbocycles. The summed E-state index contributed by atoms with van der Waals surface area (Å²) in [7, 11) is 3.06. The topological polar surface area (TPSA) is 35.5 Å². The summed E-state index contributed by atoms with van der Waals surface area (Å²) in [6.07, 6.45) is 1.73. The first kappa shape index (κ1) is 14.4. The number of rotatable bonds is 5. The Bertz CT molecular complexity index is 197. The van der Waals surface area contributed by atoms with Gasteiger partial charge in [-0.3, -0.25) is 4.79 Å². The van der Waals surface area contributed by atoms with Crippen molar-refractivity contribution in [2.75, 3.05) is 20.8 Å². The van der Waals surface area contributed by atoms with Crippen molar-refractivity contribution >= 4 is 5.97 Å². The lowest BCUT2D eigenvalue weighted by Gasteiger charge is -2.41. The molecule has 1 unspecified atom stereocenters. The second kappa shape index (κ2) is 5.50. The third-order valence-electron chi connectivity index (χ3n) is 3.08. The normalized spacial score (nSPS) is 15.9. The van der Waals surface area contributed by atoms with Crippen molar-refractivity contribution in [1.82, 2.24) is 0 Å². The molecular weight excluding hydrogens is 192 g/mol. The van der Waals surface area contributed by atoms with Gasteiger partial charge in [0.2, 0.25) is 0 Å². The maximum atomic E-state index is 12.0. The Morgan fingerprint density at radius 3 is 2.00 bits per heavy atom. The number of ether oxygens (including phenoxy) is 2. The zero-order valence-electron chi connectivity index (χ0n) is 10.8. The van der Waals surface area contributed by atoms with Gasteiger partial charge < -0.3 is 9.47 Å². The predicted octanol–water partition coefficient (Wildman–Crippen LogP) is 2.64. The van der Waals surface area contributed by atoms with Crippen molar-refractivity contribution in [3.8, 4) is 0 Å². The Morgan fingerprint density at radius 1 is 1.20 bits per heavy atom. The molecule has 0 aromatic heterocycles. The van der Waals surface area contributed by atoms with E-state index in [2.05, 4.69) is 27.7 Å². The standard InChI is InChI=1S/C12H24O3/c1-7-8-12(9-14-5,10(13)15-6)11(2,3)4/h7-9H2,1-6H3. The molecule has 3 nitrogen and oxygen atoms in total. The van der Waals surface area contributed by atoms with Gasteiger partial charge in [-0.2, -0.15) is 0 Å². The lowest BCUT2D eigenvalue weighted by molar-refractivity contribution is -0.166. The van der Waals surface area contributed by atoms with Crippen molar-refractivity contribution < 1.29 is 14.3 Å². The average Bonchev–Trinajstić information content (AvgIpc) is 2.14. The lowest BCUT2D eigenvalue weighted by Crippen LogP contribution is -2.47. The van der Waals surface area contributed by atoms with E-state index in [1.54, 1.807) is 7.11 Å². The Balaban J connectivity index is 5.16. The fourth-order valence-electron chi connectivity index (χ4n) is 2.00. The van der Waals surface area contributed by atoms with Gasteiger partial charge in [-0.25, -0.2) is 0 Å². The summed E-state index contributed by atoms with van der Waals surface area (Å²) in [6.45, 7) is 8.64. The van der Waals surface area contributed by atoms with E-state index < -0.39 is 5.41 Å². The van der Waals surface area contributed by atoms with E-state index >= 15 is 0 Å². The first-order chi connectivity index (χ1) is 6.85. The molecule has 0 spiro atoms. The SMILES string of the molecule is CCCC(COC)(C(=O)OC)C(C)(C)C. The lowest BCUT2D eigenvalue weighted by atomic mass is 9.64. The number of hydrogen-bond donors (Lipinski definition) is 0. The van der Waals surface area contributed by atoms with Crippen molar-refractivity contribution in [3.05, 3.63) is 0 Å². The zero-order valence-corrected chi connectivity index (χ0v) is 10.8. The number of hydrogen-bond acceptors (Lipinski definition) is 3. The first-order valence-electron chi connectivity index (χ1n) is 5.43. The van der Waals surface area contributed by atoms with Crippen LogP contribution in [0, 0.1) is 10.8 Å². The van der Waals surface area contributed by atoms with Gasteiger partial charge in [-0.15, -0.1) is 0 Å². The van der Waals surface area contributed by atoms with E-state index in [4.69, 9.17) is 9.47 Å². The van der Waals surface area contributed by atoms with Gasteiger partial charge in [0.15, 0.2) is 0 Å². The van der Waals surface area contributed by atoms with Crippen LogP contribution in [0.1, 0.15) is 40.5 Å². The van der Waals surface area contributed by atoms with Crippen molar-refractivity contribution in [2.24, 2.45) is 10.8 Å². The molecule has 0 bridgehead atoms. The number of carbonyl (C=O) groups excluding carboxylic acids is 1. The van der Waals surface area contributed by atoms with E-state index in [0.29, 0.717) is 6.61 Å². The fraction of sp³-hybridized carbons (Fsp3) is 0.917. The smallest absolute Gasteiger partial charge is 0.314 e. The largest absolute Gasteiger partial charge is 0.469 e. The van der Waals surface area contributed by atoms with Crippen LogP contribution >= 0.6 is 0 Å². The number of esters is 1. The Hall–Kier alpha value is -0.570. The van der Waals surface area contributed by atoms with Crippen molar-refractivity contribution in [2.45, 2.75) is 40.5 Å². The van der Waals surface area contributed by atoms with Gasteiger partial charge in [-0.05, 0) is 11.8 Å². The summed E-state index contributed by atoms with van der Waals surface area (Å²) in [5, 5.41) is 0. The molecule has 0 aliphatic heterocycles. The molecule has 15 heavy (non-hydrogen) atoms. The minimum absolute atomic E-state index is 0.161. The van der Waals surface area contributed by atoms with Gasteiger partial charge in [0.1, 0.15) is 0 Å². The highest BCUT2D eigenvalue weighted by Gasteiger charge is 2.48. The molecule has 90 valence electrons. The summed E-state index contributed by atoms with van der Waals surface area (Å²) in [6, 6.07) is 0. The fourth-order valence-corrected chi connectivity index (χ4v) is 2.00. The molecule has 0 aromatic rings. The van der Waals surface area contributed by atoms with Crippen LogP contribution < -0.4 is 0 Å². The van der Waals surface area contributed by atoms with Gasteiger partial charge in [0, 0.05) is 7.11 Å². The van der Waals surface area contributed by atoms with Gasteiger partial charge in [0.25, 0.3) is 0 Å². The molecule has 0 saturated heterocycles. The minimum atomic E-state index is -0.536. The molecule has 0 heterocycles. The first-order valence-corrected chi connectivity index (χ1v) is 5.43. The predicted molar refractivity (Wildman–Crippen MR) is 60.7 cm³/mol. The van der Waals surface area contributed by atoms with Crippen LogP contribution in [0.4, 0.5) is 0 Å². The van der Waals surface area contributed by atoms with Crippen molar-refractivity contribution in [1.29, 1.82) is 0 Å². The second-order valence-corrected chi connectivity index (χ2v) is 5.01. The molecule has 0 radical (unpaired) electrons. The van der Waals surface area contributed by atoms with Crippen LogP contribution in [0.5, 0.6) is 0 Å². The number of carbonyl (C=O) groups is 1. The molecule has 0 aliphatic rings. The van der Waals surface area contributed by atoms with Crippen LogP contribution in [-0.2, 0) is 14.3 Å². The number of methoxy groups -OCH3 is 2. The summed E-state index contributed by atoms with van der Waals surface area (Å²) in [4.78, 5) is 12.0. The maximum Gasteiger partial charge on any atom is 0.314 e. The summed E-state index contributed by atoms with van der Waals surface area (Å²) < 4.78 is 10.1. The summed E-state index contributed by atoms with van der Waals surface area (Å²) in [5.41, 5.74) is -0.697. The zero-order chi connectivity index (χ0) is 12.1.